The molecule has 6 heteroatoms. The first-order valence-electron chi connectivity index (χ1n) is 6.11. The molecule has 0 heterocycles. The van der Waals surface area contributed by atoms with Gasteiger partial charge >= 0.3 is 0 Å². The van der Waals surface area contributed by atoms with Crippen molar-refractivity contribution in [2.75, 3.05) is 18.4 Å². The highest BCUT2D eigenvalue weighted by molar-refractivity contribution is 9.09. The number of hydrogen-bond acceptors (Lipinski definition) is 3. The highest BCUT2D eigenvalue weighted by Crippen LogP contribution is 2.21. The Balaban J connectivity index is 3.09. The smallest absolute Gasteiger partial charge is 0.282 e. The molecular formula is C13H17BrN2O3. The summed E-state index contributed by atoms with van der Waals surface area (Å²) in [6, 6.07) is 4.61. The summed E-state index contributed by atoms with van der Waals surface area (Å²) in [6.45, 7) is 4.81. The van der Waals surface area contributed by atoms with Gasteiger partial charge in [0.1, 0.15) is 5.56 Å². The van der Waals surface area contributed by atoms with Crippen LogP contribution in [0.2, 0.25) is 0 Å². The Morgan fingerprint density at radius 3 is 2.68 bits per heavy atom. The van der Waals surface area contributed by atoms with Crippen molar-refractivity contribution >= 4 is 27.5 Å². The molecule has 0 radical (unpaired) electrons. The second-order valence-electron chi connectivity index (χ2n) is 4.21. The van der Waals surface area contributed by atoms with Crippen LogP contribution in [0.25, 0.3) is 0 Å². The molecule has 1 aromatic carbocycles. The van der Waals surface area contributed by atoms with E-state index in [1.165, 1.54) is 6.07 Å². The van der Waals surface area contributed by atoms with Gasteiger partial charge in [0.05, 0.1) is 4.92 Å². The standard InChI is InChI=1S/C13H17BrN2O3/c1-3-15(8-4-7-14)13(17)11-9-10(2)5-6-12(11)16(18)19/h5-6,9H,3-4,7-8H2,1-2H3. The molecule has 0 saturated carbocycles. The van der Waals surface area contributed by atoms with Gasteiger partial charge in [-0.15, -0.1) is 0 Å². The lowest BCUT2D eigenvalue weighted by Crippen LogP contribution is -2.32. The largest absolute Gasteiger partial charge is 0.339 e. The molecule has 1 rings (SSSR count). The Bertz CT molecular complexity index is 477. The third-order valence-corrected chi connectivity index (χ3v) is 3.37. The van der Waals surface area contributed by atoms with E-state index in [9.17, 15) is 14.9 Å². The number of rotatable bonds is 6. The van der Waals surface area contributed by atoms with Crippen LogP contribution in [0.4, 0.5) is 5.69 Å². The minimum atomic E-state index is -0.509. The lowest BCUT2D eigenvalue weighted by molar-refractivity contribution is -0.385. The van der Waals surface area contributed by atoms with E-state index < -0.39 is 4.92 Å². The predicted octanol–water partition coefficient (Wildman–Crippen LogP) is 3.15. The zero-order valence-corrected chi connectivity index (χ0v) is 12.6. The number of hydrogen-bond donors (Lipinski definition) is 0. The number of amides is 1. The summed E-state index contributed by atoms with van der Waals surface area (Å²) in [5.74, 6) is -0.279. The van der Waals surface area contributed by atoms with Crippen molar-refractivity contribution in [1.82, 2.24) is 4.90 Å². The second kappa shape index (κ2) is 7.23. The van der Waals surface area contributed by atoms with Gasteiger partial charge in [0.2, 0.25) is 0 Å². The van der Waals surface area contributed by atoms with Crippen LogP contribution in [0.3, 0.4) is 0 Å². The van der Waals surface area contributed by atoms with Gasteiger partial charge in [0.25, 0.3) is 11.6 Å². The summed E-state index contributed by atoms with van der Waals surface area (Å²) in [4.78, 5) is 24.5. The second-order valence-corrected chi connectivity index (χ2v) is 5.00. The number of nitro benzene ring substituents is 1. The Kier molecular flexibility index (Phi) is 5.95. The molecule has 104 valence electrons. The average molecular weight is 329 g/mol. The first-order valence-corrected chi connectivity index (χ1v) is 7.23. The van der Waals surface area contributed by atoms with Gasteiger partial charge in [-0.05, 0) is 31.9 Å². The van der Waals surface area contributed by atoms with Crippen molar-refractivity contribution in [1.29, 1.82) is 0 Å². The molecule has 0 aliphatic carbocycles. The minimum absolute atomic E-state index is 0.132. The van der Waals surface area contributed by atoms with Crippen LogP contribution in [-0.4, -0.2) is 34.2 Å². The fourth-order valence-electron chi connectivity index (χ4n) is 1.80. The maximum Gasteiger partial charge on any atom is 0.282 e. The number of nitrogens with zero attached hydrogens (tertiary/aromatic N) is 2. The van der Waals surface area contributed by atoms with Gasteiger partial charge in [0, 0.05) is 24.5 Å². The van der Waals surface area contributed by atoms with Crippen molar-refractivity contribution in [3.05, 3.63) is 39.4 Å². The molecular weight excluding hydrogens is 312 g/mol. The number of carbonyl (C=O) groups excluding carboxylic acids is 1. The molecule has 19 heavy (non-hydrogen) atoms. The molecule has 0 aliphatic rings. The molecule has 0 aromatic heterocycles. The van der Waals surface area contributed by atoms with Crippen LogP contribution in [-0.2, 0) is 0 Å². The van der Waals surface area contributed by atoms with E-state index in [0.29, 0.717) is 13.1 Å². The Morgan fingerprint density at radius 1 is 1.47 bits per heavy atom. The highest BCUT2D eigenvalue weighted by Gasteiger charge is 2.23. The molecule has 0 fully saturated rings. The summed E-state index contributed by atoms with van der Waals surface area (Å²) in [5.41, 5.74) is 0.875. The maximum absolute atomic E-state index is 12.4. The zero-order valence-electron chi connectivity index (χ0n) is 11.1. The molecule has 0 atom stereocenters. The first kappa shape index (κ1) is 15.6. The number of carbonyl (C=O) groups is 1. The number of alkyl halides is 1. The molecule has 1 aromatic rings. The summed E-state index contributed by atoms with van der Waals surface area (Å²) < 4.78 is 0. The van der Waals surface area contributed by atoms with Gasteiger partial charge in [-0.1, -0.05) is 22.0 Å². The van der Waals surface area contributed by atoms with Crippen LogP contribution < -0.4 is 0 Å². The van der Waals surface area contributed by atoms with Crippen molar-refractivity contribution in [3.8, 4) is 0 Å². The van der Waals surface area contributed by atoms with Gasteiger partial charge in [-0.2, -0.15) is 0 Å². The third kappa shape index (κ3) is 4.02. The predicted molar refractivity (Wildman–Crippen MR) is 77.8 cm³/mol. The summed E-state index contributed by atoms with van der Waals surface area (Å²) >= 11 is 3.32. The number of aryl methyl sites for hydroxylation is 1. The van der Waals surface area contributed by atoms with Gasteiger partial charge in [-0.25, -0.2) is 0 Å². The lowest BCUT2D eigenvalue weighted by Gasteiger charge is -2.20. The van der Waals surface area contributed by atoms with Crippen LogP contribution >= 0.6 is 15.9 Å². The third-order valence-electron chi connectivity index (χ3n) is 2.81. The topological polar surface area (TPSA) is 63.5 Å². The molecule has 0 unspecified atom stereocenters. The van der Waals surface area contributed by atoms with E-state index in [0.717, 1.165) is 17.3 Å². The number of halogens is 1. The maximum atomic E-state index is 12.4. The molecule has 1 amide bonds. The quantitative estimate of drug-likeness (QED) is 0.457. The normalized spacial score (nSPS) is 10.3. The summed E-state index contributed by atoms with van der Waals surface area (Å²) in [5, 5.41) is 11.8. The SMILES string of the molecule is CCN(CCCBr)C(=O)c1cc(C)ccc1[N+](=O)[O-]. The lowest BCUT2D eigenvalue weighted by atomic mass is 10.1. The first-order chi connectivity index (χ1) is 9.01. The molecule has 0 spiro atoms. The van der Waals surface area contributed by atoms with E-state index in [2.05, 4.69) is 15.9 Å². The van der Waals surface area contributed by atoms with E-state index in [-0.39, 0.29) is 17.2 Å². The number of nitro groups is 1. The van der Waals surface area contributed by atoms with Crippen molar-refractivity contribution in [3.63, 3.8) is 0 Å². The Morgan fingerprint density at radius 2 is 2.16 bits per heavy atom. The van der Waals surface area contributed by atoms with E-state index in [1.807, 2.05) is 13.8 Å². The van der Waals surface area contributed by atoms with Crippen LogP contribution in [0.15, 0.2) is 18.2 Å². The molecule has 0 bridgehead atoms. The van der Waals surface area contributed by atoms with Crippen molar-refractivity contribution in [2.45, 2.75) is 20.3 Å². The highest BCUT2D eigenvalue weighted by atomic mass is 79.9. The minimum Gasteiger partial charge on any atom is -0.339 e. The van der Waals surface area contributed by atoms with Gasteiger partial charge in [-0.3, -0.25) is 14.9 Å². The molecule has 5 nitrogen and oxygen atoms in total. The Labute approximate surface area is 120 Å². The van der Waals surface area contributed by atoms with E-state index >= 15 is 0 Å². The van der Waals surface area contributed by atoms with Crippen LogP contribution in [0, 0.1) is 17.0 Å². The van der Waals surface area contributed by atoms with Crippen LogP contribution in [0.5, 0.6) is 0 Å². The average Bonchev–Trinajstić information content (AvgIpc) is 2.38. The fraction of sp³-hybridized carbons (Fsp3) is 0.462. The zero-order chi connectivity index (χ0) is 14.4. The van der Waals surface area contributed by atoms with Crippen molar-refractivity contribution in [2.24, 2.45) is 0 Å². The molecule has 0 N–H and O–H groups in total. The fourth-order valence-corrected chi connectivity index (χ4v) is 2.06. The number of benzene rings is 1. The Hall–Kier alpha value is -1.43. The van der Waals surface area contributed by atoms with Crippen LogP contribution in [0.1, 0.15) is 29.3 Å². The van der Waals surface area contributed by atoms with E-state index in [1.54, 1.807) is 17.0 Å². The summed E-state index contributed by atoms with van der Waals surface area (Å²) in [7, 11) is 0. The summed E-state index contributed by atoms with van der Waals surface area (Å²) in [6.07, 6.45) is 0.819. The monoisotopic (exact) mass is 328 g/mol. The molecule has 0 aliphatic heterocycles. The van der Waals surface area contributed by atoms with Crippen molar-refractivity contribution < 1.29 is 9.72 Å². The van der Waals surface area contributed by atoms with Gasteiger partial charge < -0.3 is 4.90 Å². The van der Waals surface area contributed by atoms with E-state index in [4.69, 9.17) is 0 Å². The van der Waals surface area contributed by atoms with Gasteiger partial charge in [0.15, 0.2) is 0 Å². The molecule has 0 saturated heterocycles.